The molecular formula is C20H23N7. The van der Waals surface area contributed by atoms with E-state index in [1.807, 2.05) is 37.3 Å². The molecule has 4 rings (SSSR count). The fourth-order valence-electron chi connectivity index (χ4n) is 3.55. The van der Waals surface area contributed by atoms with Crippen molar-refractivity contribution in [2.75, 3.05) is 10.6 Å². The summed E-state index contributed by atoms with van der Waals surface area (Å²) in [5.41, 5.74) is 9.50. The number of nitrogens with one attached hydrogen (secondary N) is 2. The Morgan fingerprint density at radius 1 is 1.19 bits per heavy atom. The molecule has 0 amide bonds. The minimum Gasteiger partial charge on any atom is -0.364 e. The number of benzene rings is 1. The van der Waals surface area contributed by atoms with Gasteiger partial charge in [0.2, 0.25) is 0 Å². The first-order chi connectivity index (χ1) is 13.2. The zero-order valence-corrected chi connectivity index (χ0v) is 15.3. The molecule has 138 valence electrons. The van der Waals surface area contributed by atoms with Crippen LogP contribution in [0.15, 0.2) is 36.5 Å². The molecule has 1 saturated carbocycles. The third kappa shape index (κ3) is 3.44. The number of imidazole rings is 1. The van der Waals surface area contributed by atoms with Crippen LogP contribution < -0.4 is 16.4 Å². The maximum absolute atomic E-state index is 7.40. The molecule has 0 bridgehead atoms. The van der Waals surface area contributed by atoms with Crippen LogP contribution in [0.25, 0.3) is 10.5 Å². The van der Waals surface area contributed by atoms with Gasteiger partial charge in [-0.05, 0) is 44.7 Å². The number of hydrogen-bond donors (Lipinski definition) is 3. The molecule has 7 heteroatoms. The quantitative estimate of drug-likeness (QED) is 0.611. The SMILES string of the molecule is [C-]#[N+]c1cnc2c(Nc3ccccc3)c(C)c(NC3CCC(N)CC3)nn12. The molecule has 1 aromatic carbocycles. The summed E-state index contributed by atoms with van der Waals surface area (Å²) in [6.07, 6.45) is 5.66. The van der Waals surface area contributed by atoms with Gasteiger partial charge in [0.05, 0.1) is 6.20 Å². The predicted octanol–water partition coefficient (Wildman–Crippen LogP) is 4.01. The molecule has 1 aliphatic rings. The van der Waals surface area contributed by atoms with Gasteiger partial charge in [-0.15, -0.1) is 4.52 Å². The summed E-state index contributed by atoms with van der Waals surface area (Å²) in [5, 5.41) is 11.7. The molecule has 0 spiro atoms. The fraction of sp³-hybridized carbons (Fsp3) is 0.350. The van der Waals surface area contributed by atoms with E-state index >= 15 is 0 Å². The van der Waals surface area contributed by atoms with E-state index in [1.165, 1.54) is 0 Å². The largest absolute Gasteiger partial charge is 0.364 e. The van der Waals surface area contributed by atoms with Crippen molar-refractivity contribution in [3.63, 3.8) is 0 Å². The van der Waals surface area contributed by atoms with Crippen LogP contribution in [0.2, 0.25) is 0 Å². The van der Waals surface area contributed by atoms with Gasteiger partial charge in [0, 0.05) is 23.3 Å². The molecule has 2 aromatic heterocycles. The second-order valence-electron chi connectivity index (χ2n) is 7.06. The Kier molecular flexibility index (Phi) is 4.65. The lowest BCUT2D eigenvalue weighted by Gasteiger charge is -2.27. The van der Waals surface area contributed by atoms with Crippen molar-refractivity contribution in [2.24, 2.45) is 5.73 Å². The van der Waals surface area contributed by atoms with Crippen molar-refractivity contribution in [2.45, 2.75) is 44.7 Å². The zero-order chi connectivity index (χ0) is 18.8. The smallest absolute Gasteiger partial charge is 0.275 e. The van der Waals surface area contributed by atoms with Crippen LogP contribution in [0.4, 0.5) is 23.0 Å². The van der Waals surface area contributed by atoms with Gasteiger partial charge in [-0.3, -0.25) is 0 Å². The van der Waals surface area contributed by atoms with Crippen molar-refractivity contribution in [3.8, 4) is 0 Å². The summed E-state index contributed by atoms with van der Waals surface area (Å²) in [4.78, 5) is 7.97. The van der Waals surface area contributed by atoms with Crippen LogP contribution in [-0.2, 0) is 0 Å². The highest BCUT2D eigenvalue weighted by molar-refractivity contribution is 5.81. The van der Waals surface area contributed by atoms with E-state index in [0.29, 0.717) is 23.5 Å². The van der Waals surface area contributed by atoms with Crippen LogP contribution in [0.3, 0.4) is 0 Å². The number of para-hydroxylation sites is 1. The van der Waals surface area contributed by atoms with Gasteiger partial charge in [-0.25, -0.2) is 4.98 Å². The van der Waals surface area contributed by atoms with Gasteiger partial charge >= 0.3 is 0 Å². The first-order valence-corrected chi connectivity index (χ1v) is 9.25. The van der Waals surface area contributed by atoms with Crippen LogP contribution >= 0.6 is 0 Å². The van der Waals surface area contributed by atoms with Gasteiger partial charge in [0.15, 0.2) is 5.82 Å². The Morgan fingerprint density at radius 2 is 1.93 bits per heavy atom. The lowest BCUT2D eigenvalue weighted by molar-refractivity contribution is 0.410. The Hall–Kier alpha value is -3.11. The monoisotopic (exact) mass is 361 g/mol. The van der Waals surface area contributed by atoms with Gasteiger partial charge < -0.3 is 21.2 Å². The topological polar surface area (TPSA) is 84.6 Å². The van der Waals surface area contributed by atoms with Crippen molar-refractivity contribution >= 4 is 28.7 Å². The third-order valence-corrected chi connectivity index (χ3v) is 5.14. The molecule has 3 aromatic rings. The Bertz CT molecular complexity index is 979. The highest BCUT2D eigenvalue weighted by atomic mass is 15.3. The second-order valence-corrected chi connectivity index (χ2v) is 7.06. The highest BCUT2D eigenvalue weighted by Crippen LogP contribution is 2.32. The van der Waals surface area contributed by atoms with Crippen molar-refractivity contribution < 1.29 is 0 Å². The molecule has 0 unspecified atom stereocenters. The lowest BCUT2D eigenvalue weighted by Crippen LogP contribution is -2.33. The predicted molar refractivity (Wildman–Crippen MR) is 108 cm³/mol. The van der Waals surface area contributed by atoms with Crippen LogP contribution in [-0.4, -0.2) is 26.7 Å². The van der Waals surface area contributed by atoms with E-state index in [1.54, 1.807) is 10.7 Å². The number of rotatable bonds is 4. The first-order valence-electron chi connectivity index (χ1n) is 9.25. The zero-order valence-electron chi connectivity index (χ0n) is 15.3. The molecule has 0 atom stereocenters. The van der Waals surface area contributed by atoms with Crippen LogP contribution in [0.1, 0.15) is 31.2 Å². The van der Waals surface area contributed by atoms with Crippen molar-refractivity contribution in [3.05, 3.63) is 53.5 Å². The molecule has 0 radical (unpaired) electrons. The summed E-state index contributed by atoms with van der Waals surface area (Å²) >= 11 is 0. The first kappa shape index (κ1) is 17.3. The standard InChI is InChI=1S/C20H23N7/c1-13-18(24-15-6-4-3-5-7-15)20-23-12-17(22-2)27(20)26-19(13)25-16-10-8-14(21)9-11-16/h3-7,12,14,16,24H,8-11,21H2,1H3,(H,25,26). The summed E-state index contributed by atoms with van der Waals surface area (Å²) in [5.74, 6) is 1.18. The third-order valence-electron chi connectivity index (χ3n) is 5.14. The van der Waals surface area contributed by atoms with Gasteiger partial charge in [-0.1, -0.05) is 29.9 Å². The molecule has 1 aliphatic carbocycles. The summed E-state index contributed by atoms with van der Waals surface area (Å²) in [6.45, 7) is 9.43. The number of fused-ring (bicyclic) bond motifs is 1. The van der Waals surface area contributed by atoms with E-state index in [-0.39, 0.29) is 0 Å². The minimum absolute atomic E-state index is 0.303. The average Bonchev–Trinajstić information content (AvgIpc) is 3.10. The molecule has 0 aliphatic heterocycles. The molecule has 7 nitrogen and oxygen atoms in total. The van der Waals surface area contributed by atoms with Crippen molar-refractivity contribution in [1.82, 2.24) is 14.6 Å². The number of nitrogens with zero attached hydrogens (tertiary/aromatic N) is 4. The Balaban J connectivity index is 1.75. The average molecular weight is 361 g/mol. The van der Waals surface area contributed by atoms with E-state index in [4.69, 9.17) is 12.3 Å². The molecule has 27 heavy (non-hydrogen) atoms. The lowest BCUT2D eigenvalue weighted by atomic mass is 9.92. The van der Waals surface area contributed by atoms with Crippen molar-refractivity contribution in [1.29, 1.82) is 0 Å². The van der Waals surface area contributed by atoms with E-state index in [9.17, 15) is 0 Å². The normalized spacial score (nSPS) is 19.6. The second kappa shape index (κ2) is 7.25. The van der Waals surface area contributed by atoms with E-state index < -0.39 is 0 Å². The van der Waals surface area contributed by atoms with Gasteiger partial charge in [-0.2, -0.15) is 0 Å². The molecule has 1 fully saturated rings. The molecular weight excluding hydrogens is 338 g/mol. The van der Waals surface area contributed by atoms with Gasteiger partial charge in [0.1, 0.15) is 5.69 Å². The maximum atomic E-state index is 7.40. The highest BCUT2D eigenvalue weighted by Gasteiger charge is 2.23. The maximum Gasteiger partial charge on any atom is 0.275 e. The van der Waals surface area contributed by atoms with E-state index in [2.05, 4.69) is 25.6 Å². The van der Waals surface area contributed by atoms with Crippen LogP contribution in [0.5, 0.6) is 0 Å². The minimum atomic E-state index is 0.303. The number of anilines is 3. The summed E-state index contributed by atoms with van der Waals surface area (Å²) in [7, 11) is 0. The van der Waals surface area contributed by atoms with Crippen LogP contribution in [0, 0.1) is 13.5 Å². The number of aromatic nitrogens is 3. The summed E-state index contributed by atoms with van der Waals surface area (Å²) < 4.78 is 1.61. The fourth-order valence-corrected chi connectivity index (χ4v) is 3.55. The molecule has 2 heterocycles. The molecule has 4 N–H and O–H groups in total. The molecule has 0 saturated heterocycles. The Labute approximate surface area is 158 Å². The van der Waals surface area contributed by atoms with Gasteiger partial charge in [0.25, 0.3) is 11.5 Å². The summed E-state index contributed by atoms with van der Waals surface area (Å²) in [6, 6.07) is 10.6. The van der Waals surface area contributed by atoms with E-state index in [0.717, 1.165) is 48.4 Å². The Morgan fingerprint density at radius 3 is 2.63 bits per heavy atom. The number of nitrogens with two attached hydrogens (primary N) is 1. The number of hydrogen-bond acceptors (Lipinski definition) is 5.